The maximum absolute atomic E-state index is 11.5. The van der Waals surface area contributed by atoms with Crippen molar-refractivity contribution in [2.45, 2.75) is 19.1 Å². The Balaban J connectivity index is 1.85. The Kier molecular flexibility index (Phi) is 2.72. The molecule has 0 saturated carbocycles. The third-order valence-electron chi connectivity index (χ3n) is 2.79. The SMILES string of the molecule is C=CCN1CCC(N2CCC2)OC1=O. The first kappa shape index (κ1) is 9.52. The van der Waals surface area contributed by atoms with E-state index in [2.05, 4.69) is 11.5 Å². The Hall–Kier alpha value is -1.03. The normalized spacial score (nSPS) is 28.1. The van der Waals surface area contributed by atoms with Gasteiger partial charge >= 0.3 is 6.09 Å². The van der Waals surface area contributed by atoms with Crippen molar-refractivity contribution in [1.29, 1.82) is 0 Å². The van der Waals surface area contributed by atoms with Crippen molar-refractivity contribution in [3.63, 3.8) is 0 Å². The molecule has 0 aliphatic carbocycles. The summed E-state index contributed by atoms with van der Waals surface area (Å²) >= 11 is 0. The minimum Gasteiger partial charge on any atom is -0.430 e. The van der Waals surface area contributed by atoms with Crippen LogP contribution in [0.2, 0.25) is 0 Å². The van der Waals surface area contributed by atoms with Gasteiger partial charge in [-0.25, -0.2) is 4.79 Å². The van der Waals surface area contributed by atoms with E-state index in [0.29, 0.717) is 6.54 Å². The predicted octanol–water partition coefficient (Wildman–Crippen LogP) is 1.05. The van der Waals surface area contributed by atoms with Crippen molar-refractivity contribution in [3.8, 4) is 0 Å². The summed E-state index contributed by atoms with van der Waals surface area (Å²) in [6, 6.07) is 0. The molecule has 2 rings (SSSR count). The monoisotopic (exact) mass is 196 g/mol. The van der Waals surface area contributed by atoms with Crippen LogP contribution in [0.5, 0.6) is 0 Å². The zero-order valence-corrected chi connectivity index (χ0v) is 8.32. The zero-order chi connectivity index (χ0) is 9.97. The standard InChI is InChI=1S/C10H16N2O2/c1-2-5-12-8-4-9(14-10(12)13)11-6-3-7-11/h2,9H,1,3-8H2. The summed E-state index contributed by atoms with van der Waals surface area (Å²) in [5.74, 6) is 0. The fourth-order valence-corrected chi connectivity index (χ4v) is 1.81. The molecule has 1 amide bonds. The average molecular weight is 196 g/mol. The molecule has 14 heavy (non-hydrogen) atoms. The maximum atomic E-state index is 11.5. The van der Waals surface area contributed by atoms with E-state index >= 15 is 0 Å². The van der Waals surface area contributed by atoms with Crippen LogP contribution >= 0.6 is 0 Å². The van der Waals surface area contributed by atoms with Crippen LogP contribution in [0.4, 0.5) is 4.79 Å². The van der Waals surface area contributed by atoms with Crippen molar-refractivity contribution in [3.05, 3.63) is 12.7 Å². The summed E-state index contributed by atoms with van der Waals surface area (Å²) in [6.45, 7) is 7.12. The number of cyclic esters (lactones) is 1. The molecule has 4 nitrogen and oxygen atoms in total. The second-order valence-corrected chi connectivity index (χ2v) is 3.75. The average Bonchev–Trinajstić information content (AvgIpc) is 2.07. The second-order valence-electron chi connectivity index (χ2n) is 3.75. The largest absolute Gasteiger partial charge is 0.430 e. The van der Waals surface area contributed by atoms with Crippen LogP contribution in [-0.2, 0) is 4.74 Å². The van der Waals surface area contributed by atoms with E-state index in [9.17, 15) is 4.79 Å². The van der Waals surface area contributed by atoms with Crippen molar-refractivity contribution >= 4 is 6.09 Å². The van der Waals surface area contributed by atoms with E-state index in [1.54, 1.807) is 11.0 Å². The first-order chi connectivity index (χ1) is 6.81. The summed E-state index contributed by atoms with van der Waals surface area (Å²) in [5.41, 5.74) is 0. The third-order valence-corrected chi connectivity index (χ3v) is 2.79. The number of likely N-dealkylation sites (tertiary alicyclic amines) is 1. The Morgan fingerprint density at radius 3 is 2.79 bits per heavy atom. The molecule has 0 aromatic heterocycles. The van der Waals surface area contributed by atoms with E-state index in [1.807, 2.05) is 0 Å². The van der Waals surface area contributed by atoms with Crippen LogP contribution in [0.1, 0.15) is 12.8 Å². The number of carbonyl (C=O) groups excluding carboxylic acids is 1. The number of carbonyl (C=O) groups is 1. The maximum Gasteiger partial charge on any atom is 0.411 e. The highest BCUT2D eigenvalue weighted by molar-refractivity contribution is 5.68. The van der Waals surface area contributed by atoms with Gasteiger partial charge in [0, 0.05) is 32.6 Å². The predicted molar refractivity (Wildman–Crippen MR) is 52.8 cm³/mol. The molecule has 2 fully saturated rings. The second kappa shape index (κ2) is 4.00. The topological polar surface area (TPSA) is 32.8 Å². The lowest BCUT2D eigenvalue weighted by molar-refractivity contribution is -0.0812. The van der Waals surface area contributed by atoms with E-state index in [-0.39, 0.29) is 12.3 Å². The first-order valence-electron chi connectivity index (χ1n) is 5.12. The van der Waals surface area contributed by atoms with Crippen molar-refractivity contribution in [2.24, 2.45) is 0 Å². The van der Waals surface area contributed by atoms with Gasteiger partial charge in [0.05, 0.1) is 0 Å². The number of amides is 1. The molecule has 0 bridgehead atoms. The molecule has 0 aromatic carbocycles. The van der Waals surface area contributed by atoms with Crippen molar-refractivity contribution in [2.75, 3.05) is 26.2 Å². The van der Waals surface area contributed by atoms with E-state index < -0.39 is 0 Å². The van der Waals surface area contributed by atoms with Crippen LogP contribution < -0.4 is 0 Å². The molecule has 78 valence electrons. The Morgan fingerprint density at radius 1 is 1.50 bits per heavy atom. The molecule has 2 aliphatic rings. The van der Waals surface area contributed by atoms with Gasteiger partial charge in [-0.2, -0.15) is 0 Å². The molecule has 4 heteroatoms. The third kappa shape index (κ3) is 1.75. The highest BCUT2D eigenvalue weighted by Crippen LogP contribution is 2.20. The fraction of sp³-hybridized carbons (Fsp3) is 0.700. The van der Waals surface area contributed by atoms with Gasteiger partial charge in [0.1, 0.15) is 0 Å². The summed E-state index contributed by atoms with van der Waals surface area (Å²) in [7, 11) is 0. The van der Waals surface area contributed by atoms with Crippen molar-refractivity contribution < 1.29 is 9.53 Å². The lowest BCUT2D eigenvalue weighted by Gasteiger charge is -2.41. The van der Waals surface area contributed by atoms with E-state index in [4.69, 9.17) is 4.74 Å². The Labute approximate surface area is 84.1 Å². The number of hydrogen-bond donors (Lipinski definition) is 0. The molecule has 1 atom stereocenters. The smallest absolute Gasteiger partial charge is 0.411 e. The minimum atomic E-state index is -0.201. The quantitative estimate of drug-likeness (QED) is 0.632. The summed E-state index contributed by atoms with van der Waals surface area (Å²) in [4.78, 5) is 15.4. The number of ether oxygens (including phenoxy) is 1. The molecule has 2 aliphatic heterocycles. The lowest BCUT2D eigenvalue weighted by Crippen LogP contribution is -2.53. The molecule has 0 spiro atoms. The van der Waals surface area contributed by atoms with Crippen LogP contribution in [0.3, 0.4) is 0 Å². The molecule has 0 aromatic rings. The number of nitrogens with zero attached hydrogens (tertiary/aromatic N) is 2. The molecule has 0 N–H and O–H groups in total. The number of hydrogen-bond acceptors (Lipinski definition) is 3. The van der Waals surface area contributed by atoms with Crippen LogP contribution in [0, 0.1) is 0 Å². The van der Waals surface area contributed by atoms with Gasteiger partial charge in [-0.15, -0.1) is 6.58 Å². The summed E-state index contributed by atoms with van der Waals surface area (Å²) in [6.07, 6.45) is 3.69. The molecule has 1 unspecified atom stereocenters. The Bertz CT molecular complexity index is 238. The van der Waals surface area contributed by atoms with E-state index in [1.165, 1.54) is 6.42 Å². The van der Waals surface area contributed by atoms with Crippen LogP contribution in [-0.4, -0.2) is 48.3 Å². The van der Waals surface area contributed by atoms with Gasteiger partial charge in [-0.1, -0.05) is 6.08 Å². The van der Waals surface area contributed by atoms with Gasteiger partial charge in [-0.3, -0.25) is 4.90 Å². The highest BCUT2D eigenvalue weighted by atomic mass is 16.6. The molecule has 2 heterocycles. The zero-order valence-electron chi connectivity index (χ0n) is 8.32. The number of rotatable bonds is 3. The highest BCUT2D eigenvalue weighted by Gasteiger charge is 2.32. The molecular formula is C10H16N2O2. The van der Waals surface area contributed by atoms with Crippen molar-refractivity contribution in [1.82, 2.24) is 9.80 Å². The fourth-order valence-electron chi connectivity index (χ4n) is 1.81. The molecule has 2 saturated heterocycles. The van der Waals surface area contributed by atoms with Gasteiger partial charge in [0.2, 0.25) is 0 Å². The molecular weight excluding hydrogens is 180 g/mol. The summed E-state index contributed by atoms with van der Waals surface area (Å²) in [5, 5.41) is 0. The Morgan fingerprint density at radius 2 is 2.29 bits per heavy atom. The van der Waals surface area contributed by atoms with Crippen LogP contribution in [0.15, 0.2) is 12.7 Å². The van der Waals surface area contributed by atoms with Gasteiger partial charge in [0.25, 0.3) is 0 Å². The van der Waals surface area contributed by atoms with Gasteiger partial charge in [0.15, 0.2) is 6.23 Å². The molecule has 0 radical (unpaired) electrons. The summed E-state index contributed by atoms with van der Waals surface area (Å²) < 4.78 is 5.32. The van der Waals surface area contributed by atoms with E-state index in [0.717, 1.165) is 26.1 Å². The lowest BCUT2D eigenvalue weighted by atomic mass is 10.2. The minimum absolute atomic E-state index is 0.0253. The van der Waals surface area contributed by atoms with Gasteiger partial charge in [-0.05, 0) is 6.42 Å². The first-order valence-corrected chi connectivity index (χ1v) is 5.12. The van der Waals surface area contributed by atoms with Crippen LogP contribution in [0.25, 0.3) is 0 Å². The van der Waals surface area contributed by atoms with Gasteiger partial charge < -0.3 is 9.64 Å².